The van der Waals surface area contributed by atoms with Crippen molar-refractivity contribution in [3.8, 4) is 0 Å². The monoisotopic (exact) mass is 201 g/mol. The lowest BCUT2D eigenvalue weighted by Gasteiger charge is -2.19. The number of nitrogens with zero attached hydrogens (tertiary/aromatic N) is 1. The number of likely N-dealkylation sites (N-methyl/N-ethyl adjacent to an activating group) is 1. The number of rotatable bonds is 8. The van der Waals surface area contributed by atoms with E-state index < -0.39 is 0 Å². The summed E-state index contributed by atoms with van der Waals surface area (Å²) in [6, 6.07) is 0. The van der Waals surface area contributed by atoms with Crippen molar-refractivity contribution in [2.24, 2.45) is 0 Å². The minimum atomic E-state index is 0.00785. The van der Waals surface area contributed by atoms with Gasteiger partial charge in [-0.15, -0.1) is 0 Å². The number of hydrogen-bond acceptors (Lipinski definition) is 3. The van der Waals surface area contributed by atoms with Gasteiger partial charge in [-0.05, 0) is 19.8 Å². The summed E-state index contributed by atoms with van der Waals surface area (Å²) < 4.78 is 0. The van der Waals surface area contributed by atoms with Gasteiger partial charge < -0.3 is 14.8 Å². The Kier molecular flexibility index (Phi) is 8.13. The number of unbranched alkanes of at least 4 members (excludes halogenated alkanes) is 2. The molecule has 0 atom stereocenters. The van der Waals surface area contributed by atoms with Crippen LogP contribution in [-0.2, 0) is 9.59 Å². The van der Waals surface area contributed by atoms with E-state index >= 15 is 0 Å². The van der Waals surface area contributed by atoms with Crippen molar-refractivity contribution in [2.75, 3.05) is 19.7 Å². The van der Waals surface area contributed by atoms with Gasteiger partial charge >= 0.3 is 0 Å². The van der Waals surface area contributed by atoms with Crippen LogP contribution >= 0.6 is 0 Å². The molecule has 0 rings (SSSR count). The number of hydrogen-bond donors (Lipinski definition) is 1. The highest BCUT2D eigenvalue weighted by molar-refractivity contribution is 5.76. The molecule has 1 amide bonds. The maximum atomic E-state index is 11.5. The van der Waals surface area contributed by atoms with E-state index in [-0.39, 0.29) is 12.5 Å². The second kappa shape index (κ2) is 8.69. The van der Waals surface area contributed by atoms with E-state index in [1.54, 1.807) is 4.90 Å². The molecule has 1 N–H and O–H groups in total. The summed E-state index contributed by atoms with van der Waals surface area (Å²) in [5.74, 6) is 0.0625. The van der Waals surface area contributed by atoms with Crippen molar-refractivity contribution in [1.82, 2.24) is 4.90 Å². The molecule has 0 bridgehead atoms. The molecule has 4 heteroatoms. The van der Waals surface area contributed by atoms with Crippen molar-refractivity contribution in [1.29, 1.82) is 0 Å². The van der Waals surface area contributed by atoms with Crippen LogP contribution in [-0.4, -0.2) is 41.9 Å². The molecule has 0 saturated heterocycles. The third-order valence-electron chi connectivity index (χ3n) is 2.07. The number of aldehydes is 1. The average molecular weight is 201 g/mol. The van der Waals surface area contributed by atoms with Crippen molar-refractivity contribution in [3.63, 3.8) is 0 Å². The zero-order valence-corrected chi connectivity index (χ0v) is 8.74. The number of amides is 1. The number of aliphatic hydroxyl groups excluding tert-OH is 1. The third-order valence-corrected chi connectivity index (χ3v) is 2.07. The minimum Gasteiger partial charge on any atom is -0.395 e. The maximum absolute atomic E-state index is 11.5. The summed E-state index contributed by atoms with van der Waals surface area (Å²) in [7, 11) is 0. The molecule has 0 aliphatic rings. The summed E-state index contributed by atoms with van der Waals surface area (Å²) in [6.07, 6.45) is 3.39. The molecule has 0 heterocycles. The lowest BCUT2D eigenvalue weighted by atomic mass is 10.2. The van der Waals surface area contributed by atoms with Crippen LogP contribution in [0.1, 0.15) is 32.6 Å². The Morgan fingerprint density at radius 1 is 1.43 bits per heavy atom. The van der Waals surface area contributed by atoms with Gasteiger partial charge in [0.25, 0.3) is 0 Å². The Morgan fingerprint density at radius 3 is 2.64 bits per heavy atom. The Labute approximate surface area is 84.9 Å². The number of carbonyl (C=O) groups excluding carboxylic acids is 2. The molecule has 0 saturated carbocycles. The van der Waals surface area contributed by atoms with Crippen LogP contribution in [0.4, 0.5) is 0 Å². The van der Waals surface area contributed by atoms with Crippen molar-refractivity contribution < 1.29 is 14.7 Å². The van der Waals surface area contributed by atoms with E-state index in [0.717, 1.165) is 19.1 Å². The van der Waals surface area contributed by atoms with Gasteiger partial charge in [-0.3, -0.25) is 4.79 Å². The fourth-order valence-corrected chi connectivity index (χ4v) is 1.24. The van der Waals surface area contributed by atoms with Crippen molar-refractivity contribution in [3.05, 3.63) is 0 Å². The first-order valence-electron chi connectivity index (χ1n) is 5.08. The normalized spacial score (nSPS) is 9.86. The summed E-state index contributed by atoms with van der Waals surface area (Å²) in [6.45, 7) is 2.93. The van der Waals surface area contributed by atoms with E-state index in [1.807, 2.05) is 6.92 Å². The summed E-state index contributed by atoms with van der Waals surface area (Å²) in [5, 5.41) is 8.69. The maximum Gasteiger partial charge on any atom is 0.222 e. The van der Waals surface area contributed by atoms with Gasteiger partial charge in [0.2, 0.25) is 5.91 Å². The van der Waals surface area contributed by atoms with Crippen LogP contribution in [0, 0.1) is 0 Å². The first kappa shape index (κ1) is 13.1. The first-order valence-corrected chi connectivity index (χ1v) is 5.08. The largest absolute Gasteiger partial charge is 0.395 e. The van der Waals surface area contributed by atoms with Crippen LogP contribution in [0.5, 0.6) is 0 Å². The smallest absolute Gasteiger partial charge is 0.222 e. The van der Waals surface area contributed by atoms with Gasteiger partial charge in [-0.1, -0.05) is 0 Å². The van der Waals surface area contributed by atoms with Crippen molar-refractivity contribution in [2.45, 2.75) is 32.6 Å². The molecule has 0 spiro atoms. The molecule has 14 heavy (non-hydrogen) atoms. The van der Waals surface area contributed by atoms with Crippen LogP contribution in [0.3, 0.4) is 0 Å². The van der Waals surface area contributed by atoms with E-state index in [2.05, 4.69) is 0 Å². The second-order valence-electron chi connectivity index (χ2n) is 3.11. The fourth-order valence-electron chi connectivity index (χ4n) is 1.24. The Balaban J connectivity index is 3.63. The highest BCUT2D eigenvalue weighted by Crippen LogP contribution is 2.02. The molecule has 0 fully saturated rings. The van der Waals surface area contributed by atoms with Gasteiger partial charge in [0.05, 0.1) is 6.61 Å². The van der Waals surface area contributed by atoms with Crippen LogP contribution in [0.2, 0.25) is 0 Å². The lowest BCUT2D eigenvalue weighted by molar-refractivity contribution is -0.131. The molecule has 0 aliphatic heterocycles. The standard InChI is InChI=1S/C10H19NO3/c1-2-11(7-9-13)10(14)6-4-3-5-8-12/h8,13H,2-7,9H2,1H3. The Morgan fingerprint density at radius 2 is 2.14 bits per heavy atom. The molecule has 0 aromatic carbocycles. The summed E-state index contributed by atoms with van der Waals surface area (Å²) in [4.78, 5) is 23.1. The van der Waals surface area contributed by atoms with Crippen molar-refractivity contribution >= 4 is 12.2 Å². The van der Waals surface area contributed by atoms with Crippen LogP contribution < -0.4 is 0 Å². The number of aliphatic hydroxyl groups is 1. The molecule has 0 aromatic heterocycles. The minimum absolute atomic E-state index is 0.00785. The zero-order valence-electron chi connectivity index (χ0n) is 8.74. The molecule has 82 valence electrons. The van der Waals surface area contributed by atoms with E-state index in [1.165, 1.54) is 0 Å². The SMILES string of the molecule is CCN(CCO)C(=O)CCCCC=O. The van der Waals surface area contributed by atoms with Crippen LogP contribution in [0.25, 0.3) is 0 Å². The third kappa shape index (κ3) is 5.70. The number of carbonyl (C=O) groups is 2. The highest BCUT2D eigenvalue weighted by Gasteiger charge is 2.09. The fraction of sp³-hybridized carbons (Fsp3) is 0.800. The van der Waals surface area contributed by atoms with Crippen LogP contribution in [0.15, 0.2) is 0 Å². The Bertz CT molecular complexity index is 171. The topological polar surface area (TPSA) is 57.6 Å². The molecular weight excluding hydrogens is 182 g/mol. The lowest BCUT2D eigenvalue weighted by Crippen LogP contribution is -2.33. The zero-order chi connectivity index (χ0) is 10.8. The van der Waals surface area contributed by atoms with E-state index in [9.17, 15) is 9.59 Å². The molecule has 0 aromatic rings. The Hall–Kier alpha value is -0.900. The van der Waals surface area contributed by atoms with Gasteiger partial charge in [0.15, 0.2) is 0 Å². The van der Waals surface area contributed by atoms with Gasteiger partial charge in [-0.25, -0.2) is 0 Å². The average Bonchev–Trinajstić information content (AvgIpc) is 2.20. The summed E-state index contributed by atoms with van der Waals surface area (Å²) in [5.41, 5.74) is 0. The van der Waals surface area contributed by atoms with Gasteiger partial charge in [0, 0.05) is 25.9 Å². The first-order chi connectivity index (χ1) is 6.76. The quantitative estimate of drug-likeness (QED) is 0.462. The van der Waals surface area contributed by atoms with Gasteiger partial charge in [0.1, 0.15) is 6.29 Å². The second-order valence-corrected chi connectivity index (χ2v) is 3.11. The molecule has 4 nitrogen and oxygen atoms in total. The molecule has 0 aliphatic carbocycles. The molecular formula is C10H19NO3. The summed E-state index contributed by atoms with van der Waals surface area (Å²) >= 11 is 0. The van der Waals surface area contributed by atoms with E-state index in [4.69, 9.17) is 5.11 Å². The predicted molar refractivity (Wildman–Crippen MR) is 53.9 cm³/mol. The molecule has 0 radical (unpaired) electrons. The molecule has 0 unspecified atom stereocenters. The predicted octanol–water partition coefficient (Wildman–Crippen LogP) is 0.586. The van der Waals surface area contributed by atoms with E-state index in [0.29, 0.717) is 25.9 Å². The highest BCUT2D eigenvalue weighted by atomic mass is 16.3. The van der Waals surface area contributed by atoms with Gasteiger partial charge in [-0.2, -0.15) is 0 Å².